The Bertz CT molecular complexity index is 1100. The number of hydrogen-bond acceptors (Lipinski definition) is 4. The van der Waals surface area contributed by atoms with E-state index >= 15 is 0 Å². The molecule has 1 N–H and O–H groups in total. The van der Waals surface area contributed by atoms with Crippen LogP contribution < -0.4 is 10.2 Å². The minimum atomic E-state index is -0.241. The molecule has 0 saturated carbocycles. The van der Waals surface area contributed by atoms with E-state index in [0.29, 0.717) is 5.69 Å². The van der Waals surface area contributed by atoms with Gasteiger partial charge in [0.25, 0.3) is 0 Å². The average Bonchev–Trinajstić information content (AvgIpc) is 3.38. The molecule has 33 heavy (non-hydrogen) atoms. The molecule has 0 amide bonds. The molecule has 0 radical (unpaired) electrons. The van der Waals surface area contributed by atoms with E-state index in [1.807, 2.05) is 54.6 Å². The minimum Gasteiger partial charge on any atom is -0.472 e. The SMILES string of the molecule is Fc1ccc(N2CCN(Cc3ccoc3)CC2)cc1NC(c1ccccc1)c1ccccc1. The van der Waals surface area contributed by atoms with E-state index < -0.39 is 0 Å². The second kappa shape index (κ2) is 9.92. The highest BCUT2D eigenvalue weighted by atomic mass is 19.1. The highest BCUT2D eigenvalue weighted by Gasteiger charge is 2.20. The maximum Gasteiger partial charge on any atom is 0.146 e. The summed E-state index contributed by atoms with van der Waals surface area (Å²) in [5.41, 5.74) is 4.96. The highest BCUT2D eigenvalue weighted by Crippen LogP contribution is 2.31. The van der Waals surface area contributed by atoms with Crippen molar-refractivity contribution >= 4 is 11.4 Å². The van der Waals surface area contributed by atoms with Gasteiger partial charge >= 0.3 is 0 Å². The highest BCUT2D eigenvalue weighted by molar-refractivity contribution is 5.61. The lowest BCUT2D eigenvalue weighted by Crippen LogP contribution is -2.45. The van der Waals surface area contributed by atoms with Gasteiger partial charge in [-0.15, -0.1) is 0 Å². The summed E-state index contributed by atoms with van der Waals surface area (Å²) in [5, 5.41) is 3.48. The molecule has 5 heteroatoms. The van der Waals surface area contributed by atoms with Crippen molar-refractivity contribution in [1.82, 2.24) is 4.90 Å². The summed E-state index contributed by atoms with van der Waals surface area (Å²) in [6, 6.07) is 27.6. The molecule has 0 bridgehead atoms. The van der Waals surface area contributed by atoms with Crippen LogP contribution in [-0.2, 0) is 6.54 Å². The van der Waals surface area contributed by atoms with Crippen molar-refractivity contribution in [3.05, 3.63) is 120 Å². The predicted octanol–water partition coefficient (Wildman–Crippen LogP) is 5.94. The zero-order chi connectivity index (χ0) is 22.5. The summed E-state index contributed by atoms with van der Waals surface area (Å²) in [7, 11) is 0. The number of nitrogens with zero attached hydrogens (tertiary/aromatic N) is 2. The van der Waals surface area contributed by atoms with Gasteiger partial charge in [-0.3, -0.25) is 4.90 Å². The Hall–Kier alpha value is -3.57. The Balaban J connectivity index is 1.33. The predicted molar refractivity (Wildman–Crippen MR) is 131 cm³/mol. The Morgan fingerprint density at radius 1 is 0.818 bits per heavy atom. The molecule has 4 aromatic rings. The fourth-order valence-corrected chi connectivity index (χ4v) is 4.43. The van der Waals surface area contributed by atoms with Crippen molar-refractivity contribution in [3.8, 4) is 0 Å². The Morgan fingerprint density at radius 2 is 1.48 bits per heavy atom. The van der Waals surface area contributed by atoms with Crippen LogP contribution in [0, 0.1) is 5.82 Å². The fourth-order valence-electron chi connectivity index (χ4n) is 4.43. The molecule has 168 valence electrons. The lowest BCUT2D eigenvalue weighted by molar-refractivity contribution is 0.249. The normalized spacial score (nSPS) is 14.5. The first kappa shape index (κ1) is 21.3. The standard InChI is InChI=1S/C28H28FN3O/c29-26-12-11-25(32-16-14-31(15-17-32)20-22-13-18-33-21-22)19-27(26)30-28(23-7-3-1-4-8-23)24-9-5-2-6-10-24/h1-13,18-19,21,28,30H,14-17,20H2. The zero-order valence-electron chi connectivity index (χ0n) is 18.5. The first-order chi connectivity index (χ1) is 16.3. The number of hydrogen-bond donors (Lipinski definition) is 1. The largest absolute Gasteiger partial charge is 0.472 e. The van der Waals surface area contributed by atoms with E-state index in [-0.39, 0.29) is 11.9 Å². The second-order valence-electron chi connectivity index (χ2n) is 8.46. The van der Waals surface area contributed by atoms with E-state index in [1.54, 1.807) is 18.6 Å². The summed E-state index contributed by atoms with van der Waals surface area (Å²) < 4.78 is 20.1. The average molecular weight is 442 g/mol. The number of nitrogens with one attached hydrogen (secondary N) is 1. The van der Waals surface area contributed by atoms with Crippen molar-refractivity contribution in [1.29, 1.82) is 0 Å². The number of furan rings is 1. The van der Waals surface area contributed by atoms with E-state index in [0.717, 1.165) is 49.5 Å². The second-order valence-corrected chi connectivity index (χ2v) is 8.46. The van der Waals surface area contributed by atoms with Crippen molar-refractivity contribution in [2.75, 3.05) is 36.4 Å². The first-order valence-electron chi connectivity index (χ1n) is 11.4. The van der Waals surface area contributed by atoms with Crippen LogP contribution >= 0.6 is 0 Å². The summed E-state index contributed by atoms with van der Waals surface area (Å²) in [6.07, 6.45) is 3.52. The molecular formula is C28H28FN3O. The monoisotopic (exact) mass is 441 g/mol. The minimum absolute atomic E-state index is 0.135. The van der Waals surface area contributed by atoms with Crippen molar-refractivity contribution in [3.63, 3.8) is 0 Å². The van der Waals surface area contributed by atoms with E-state index in [2.05, 4.69) is 39.4 Å². The Labute approximate surface area is 194 Å². The van der Waals surface area contributed by atoms with Gasteiger partial charge in [-0.2, -0.15) is 0 Å². The van der Waals surface area contributed by atoms with Crippen LogP contribution in [0.1, 0.15) is 22.7 Å². The van der Waals surface area contributed by atoms with Crippen LogP contribution in [0.2, 0.25) is 0 Å². The molecule has 3 aromatic carbocycles. The number of rotatable bonds is 7. The fraction of sp³-hybridized carbons (Fsp3) is 0.214. The van der Waals surface area contributed by atoms with Crippen LogP contribution in [0.25, 0.3) is 0 Å². The van der Waals surface area contributed by atoms with Crippen LogP contribution in [0.3, 0.4) is 0 Å². The molecule has 1 fully saturated rings. The molecule has 1 saturated heterocycles. The van der Waals surface area contributed by atoms with Crippen LogP contribution in [0.4, 0.5) is 15.8 Å². The van der Waals surface area contributed by atoms with Crippen LogP contribution in [-0.4, -0.2) is 31.1 Å². The van der Waals surface area contributed by atoms with Gasteiger partial charge < -0.3 is 14.6 Å². The van der Waals surface area contributed by atoms with Gasteiger partial charge in [-0.1, -0.05) is 60.7 Å². The van der Waals surface area contributed by atoms with E-state index in [9.17, 15) is 4.39 Å². The molecule has 2 heterocycles. The van der Waals surface area contributed by atoms with Gasteiger partial charge in [0.05, 0.1) is 24.3 Å². The number of benzene rings is 3. The first-order valence-corrected chi connectivity index (χ1v) is 11.4. The van der Waals surface area contributed by atoms with Crippen LogP contribution in [0.15, 0.2) is 102 Å². The van der Waals surface area contributed by atoms with Crippen molar-refractivity contribution < 1.29 is 8.81 Å². The molecule has 1 aliphatic heterocycles. The van der Waals surface area contributed by atoms with Gasteiger partial charge in [0, 0.05) is 44.0 Å². The molecule has 1 aliphatic rings. The topological polar surface area (TPSA) is 31.6 Å². The lowest BCUT2D eigenvalue weighted by Gasteiger charge is -2.36. The third-order valence-corrected chi connectivity index (χ3v) is 6.24. The summed E-state index contributed by atoms with van der Waals surface area (Å²) >= 11 is 0. The molecular weight excluding hydrogens is 413 g/mol. The number of piperazine rings is 1. The molecule has 0 aliphatic carbocycles. The Kier molecular flexibility index (Phi) is 6.40. The molecule has 1 aromatic heterocycles. The molecule has 0 unspecified atom stereocenters. The maximum absolute atomic E-state index is 14.9. The third kappa shape index (κ3) is 5.10. The smallest absolute Gasteiger partial charge is 0.146 e. The molecule has 0 spiro atoms. The zero-order valence-corrected chi connectivity index (χ0v) is 18.5. The lowest BCUT2D eigenvalue weighted by atomic mass is 9.98. The van der Waals surface area contributed by atoms with Crippen molar-refractivity contribution in [2.24, 2.45) is 0 Å². The van der Waals surface area contributed by atoms with Gasteiger partial charge in [-0.05, 0) is 35.4 Å². The number of halogens is 1. The van der Waals surface area contributed by atoms with E-state index in [4.69, 9.17) is 4.42 Å². The molecule has 4 nitrogen and oxygen atoms in total. The Morgan fingerprint density at radius 3 is 2.09 bits per heavy atom. The van der Waals surface area contributed by atoms with Gasteiger partial charge in [0.1, 0.15) is 5.82 Å². The van der Waals surface area contributed by atoms with E-state index in [1.165, 1.54) is 5.56 Å². The maximum atomic E-state index is 14.9. The quantitative estimate of drug-likeness (QED) is 0.384. The van der Waals surface area contributed by atoms with Crippen LogP contribution in [0.5, 0.6) is 0 Å². The van der Waals surface area contributed by atoms with Gasteiger partial charge in [0.15, 0.2) is 0 Å². The summed E-state index contributed by atoms with van der Waals surface area (Å²) in [5.74, 6) is -0.241. The summed E-state index contributed by atoms with van der Waals surface area (Å²) in [4.78, 5) is 4.75. The van der Waals surface area contributed by atoms with Gasteiger partial charge in [-0.25, -0.2) is 4.39 Å². The molecule has 5 rings (SSSR count). The molecule has 0 atom stereocenters. The number of anilines is 2. The third-order valence-electron chi connectivity index (χ3n) is 6.24. The summed E-state index contributed by atoms with van der Waals surface area (Å²) in [6.45, 7) is 4.63. The van der Waals surface area contributed by atoms with Gasteiger partial charge in [0.2, 0.25) is 0 Å². The van der Waals surface area contributed by atoms with Crippen molar-refractivity contribution in [2.45, 2.75) is 12.6 Å².